The van der Waals surface area contributed by atoms with Crippen LogP contribution in [0.25, 0.3) is 0 Å². The molecule has 0 amide bonds. The van der Waals surface area contributed by atoms with Gasteiger partial charge in [0.2, 0.25) is 0 Å². The molecule has 10 heavy (non-hydrogen) atoms. The van der Waals surface area contributed by atoms with Crippen LogP contribution < -0.4 is 0 Å². The van der Waals surface area contributed by atoms with Crippen molar-refractivity contribution >= 4 is 0 Å². The molecule has 0 radical (unpaired) electrons. The summed E-state index contributed by atoms with van der Waals surface area (Å²) in [4.78, 5) is 0. The van der Waals surface area contributed by atoms with Gasteiger partial charge in [0, 0.05) is 0 Å². The highest BCUT2D eigenvalue weighted by Gasteiger charge is 2.13. The van der Waals surface area contributed by atoms with E-state index in [0.717, 1.165) is 0 Å². The fraction of sp³-hybridized carbons (Fsp3) is 0.600. The zero-order valence-electron chi connectivity index (χ0n) is 7.36. The van der Waals surface area contributed by atoms with Gasteiger partial charge in [-0.2, -0.15) is 0 Å². The first-order valence-corrected chi connectivity index (χ1v) is 3.99. The van der Waals surface area contributed by atoms with Crippen molar-refractivity contribution < 1.29 is 0 Å². The molecule has 0 heterocycles. The Bertz CT molecular complexity index is 192. The molecule has 0 atom stereocenters. The van der Waals surface area contributed by atoms with E-state index >= 15 is 0 Å². The van der Waals surface area contributed by atoms with Gasteiger partial charge in [0.25, 0.3) is 0 Å². The molecule has 0 heteroatoms. The second-order valence-electron chi connectivity index (χ2n) is 3.44. The van der Waals surface area contributed by atoms with E-state index in [1.165, 1.54) is 12.0 Å². The Morgan fingerprint density at radius 3 is 2.10 bits per heavy atom. The van der Waals surface area contributed by atoms with Gasteiger partial charge in [-0.1, -0.05) is 31.1 Å². The quantitative estimate of drug-likeness (QED) is 0.518. The summed E-state index contributed by atoms with van der Waals surface area (Å²) in [7, 11) is 0. The lowest BCUT2D eigenvalue weighted by molar-refractivity contribution is 0.771. The molecule has 0 aromatic rings. The maximum Gasteiger partial charge on any atom is -0.0130 e. The van der Waals surface area contributed by atoms with Gasteiger partial charge in [-0.3, -0.25) is 0 Å². The zero-order valence-corrected chi connectivity index (χ0v) is 7.36. The molecule has 0 N–H and O–H groups in total. The third kappa shape index (κ3) is 1.16. The van der Waals surface area contributed by atoms with Crippen LogP contribution in [0.1, 0.15) is 34.1 Å². The Balaban J connectivity index is 2.90. The second-order valence-corrected chi connectivity index (χ2v) is 3.44. The Labute approximate surface area is 63.6 Å². The van der Waals surface area contributed by atoms with E-state index in [2.05, 4.69) is 33.8 Å². The smallest absolute Gasteiger partial charge is 0.0130 e. The van der Waals surface area contributed by atoms with Crippen LogP contribution in [0.5, 0.6) is 0 Å². The lowest BCUT2D eigenvalue weighted by Gasteiger charge is -2.09. The molecule has 0 saturated carbocycles. The molecule has 1 aliphatic carbocycles. The van der Waals surface area contributed by atoms with E-state index < -0.39 is 0 Å². The minimum atomic E-state index is 0.707. The van der Waals surface area contributed by atoms with E-state index in [4.69, 9.17) is 0 Å². The monoisotopic (exact) mass is 136 g/mol. The summed E-state index contributed by atoms with van der Waals surface area (Å²) >= 11 is 0. The molecule has 0 bridgehead atoms. The fourth-order valence-corrected chi connectivity index (χ4v) is 1.81. The van der Waals surface area contributed by atoms with E-state index in [-0.39, 0.29) is 0 Å². The van der Waals surface area contributed by atoms with Crippen LogP contribution in [-0.4, -0.2) is 0 Å². The first-order valence-electron chi connectivity index (χ1n) is 3.99. The average Bonchev–Trinajstić information content (AvgIpc) is 2.11. The summed E-state index contributed by atoms with van der Waals surface area (Å²) in [5, 5.41) is 0. The normalized spacial score (nSPS) is 18.7. The highest BCUT2D eigenvalue weighted by atomic mass is 14.2. The van der Waals surface area contributed by atoms with Crippen molar-refractivity contribution in [3.63, 3.8) is 0 Å². The van der Waals surface area contributed by atoms with E-state index in [9.17, 15) is 0 Å². The topological polar surface area (TPSA) is 0 Å². The van der Waals surface area contributed by atoms with E-state index in [1.807, 2.05) is 0 Å². The number of hydrogen-bond acceptors (Lipinski definition) is 0. The Hall–Kier alpha value is -0.520. The molecule has 0 saturated heterocycles. The highest BCUT2D eigenvalue weighted by molar-refractivity contribution is 5.41. The molecule has 0 aliphatic heterocycles. The Morgan fingerprint density at radius 1 is 1.30 bits per heavy atom. The average molecular weight is 136 g/mol. The van der Waals surface area contributed by atoms with Crippen LogP contribution in [-0.2, 0) is 0 Å². The SMILES string of the molecule is CC1=CCC(C)=C1C(C)C. The van der Waals surface area contributed by atoms with E-state index in [0.29, 0.717) is 5.92 Å². The standard InChI is InChI=1S/C10H16/c1-7(2)10-8(3)5-6-9(10)4/h5,7H,6H2,1-4H3. The number of rotatable bonds is 1. The van der Waals surface area contributed by atoms with Crippen LogP contribution in [0.4, 0.5) is 0 Å². The maximum atomic E-state index is 2.32. The first-order chi connectivity index (χ1) is 4.63. The van der Waals surface area contributed by atoms with Crippen molar-refractivity contribution in [2.45, 2.75) is 34.1 Å². The number of allylic oxidation sites excluding steroid dienone is 4. The minimum absolute atomic E-state index is 0.707. The summed E-state index contributed by atoms with van der Waals surface area (Å²) in [5.41, 5.74) is 4.64. The van der Waals surface area contributed by atoms with Gasteiger partial charge in [0.1, 0.15) is 0 Å². The summed E-state index contributed by atoms with van der Waals surface area (Å²) in [6.07, 6.45) is 3.50. The predicted octanol–water partition coefficient (Wildman–Crippen LogP) is 3.31. The summed E-state index contributed by atoms with van der Waals surface area (Å²) in [6, 6.07) is 0. The third-order valence-electron chi connectivity index (χ3n) is 2.18. The van der Waals surface area contributed by atoms with Crippen molar-refractivity contribution in [1.82, 2.24) is 0 Å². The van der Waals surface area contributed by atoms with Gasteiger partial charge >= 0.3 is 0 Å². The second kappa shape index (κ2) is 2.61. The highest BCUT2D eigenvalue weighted by Crippen LogP contribution is 2.30. The molecule has 1 aliphatic rings. The van der Waals surface area contributed by atoms with Crippen molar-refractivity contribution in [1.29, 1.82) is 0 Å². The fourth-order valence-electron chi connectivity index (χ4n) is 1.81. The predicted molar refractivity (Wildman–Crippen MR) is 45.9 cm³/mol. The molecule has 56 valence electrons. The maximum absolute atomic E-state index is 2.32. The van der Waals surface area contributed by atoms with Crippen LogP contribution in [0.15, 0.2) is 22.8 Å². The van der Waals surface area contributed by atoms with Crippen molar-refractivity contribution in [2.24, 2.45) is 5.92 Å². The lowest BCUT2D eigenvalue weighted by atomic mass is 9.96. The molecular formula is C10H16. The number of hydrogen-bond donors (Lipinski definition) is 0. The largest absolute Gasteiger partial charge is 0.0772 e. The van der Waals surface area contributed by atoms with Crippen LogP contribution in [0, 0.1) is 5.92 Å². The van der Waals surface area contributed by atoms with Crippen LogP contribution >= 0.6 is 0 Å². The van der Waals surface area contributed by atoms with Gasteiger partial charge in [0.05, 0.1) is 0 Å². The van der Waals surface area contributed by atoms with Gasteiger partial charge < -0.3 is 0 Å². The van der Waals surface area contributed by atoms with Gasteiger partial charge in [-0.05, 0) is 31.8 Å². The van der Waals surface area contributed by atoms with Crippen molar-refractivity contribution in [2.75, 3.05) is 0 Å². The minimum Gasteiger partial charge on any atom is -0.0772 e. The first kappa shape index (κ1) is 7.59. The summed E-state index contributed by atoms with van der Waals surface area (Å²) in [6.45, 7) is 8.98. The van der Waals surface area contributed by atoms with Gasteiger partial charge in [-0.15, -0.1) is 0 Å². The third-order valence-corrected chi connectivity index (χ3v) is 2.18. The van der Waals surface area contributed by atoms with Crippen LogP contribution in [0.2, 0.25) is 0 Å². The molecule has 0 aromatic heterocycles. The molecule has 0 spiro atoms. The Kier molecular flexibility index (Phi) is 1.98. The molecular weight excluding hydrogens is 120 g/mol. The van der Waals surface area contributed by atoms with Gasteiger partial charge in [-0.25, -0.2) is 0 Å². The zero-order chi connectivity index (χ0) is 7.72. The summed E-state index contributed by atoms with van der Waals surface area (Å²) < 4.78 is 0. The molecule has 0 unspecified atom stereocenters. The molecule has 0 fully saturated rings. The molecule has 0 nitrogen and oxygen atoms in total. The Morgan fingerprint density at radius 2 is 1.90 bits per heavy atom. The molecule has 0 aromatic carbocycles. The van der Waals surface area contributed by atoms with Crippen molar-refractivity contribution in [3.05, 3.63) is 22.8 Å². The lowest BCUT2D eigenvalue weighted by Crippen LogP contribution is -1.94. The van der Waals surface area contributed by atoms with Crippen LogP contribution in [0.3, 0.4) is 0 Å². The molecule has 1 rings (SSSR count). The van der Waals surface area contributed by atoms with Gasteiger partial charge in [0.15, 0.2) is 0 Å². The summed E-state index contributed by atoms with van der Waals surface area (Å²) in [5.74, 6) is 0.707. The van der Waals surface area contributed by atoms with Crippen molar-refractivity contribution in [3.8, 4) is 0 Å². The van der Waals surface area contributed by atoms with E-state index in [1.54, 1.807) is 11.1 Å².